The van der Waals surface area contributed by atoms with Crippen LogP contribution in [0.25, 0.3) is 0 Å². The molecule has 104 valence electrons. The summed E-state index contributed by atoms with van der Waals surface area (Å²) >= 11 is 0. The first-order valence-corrected chi connectivity index (χ1v) is 6.81. The predicted octanol–water partition coefficient (Wildman–Crippen LogP) is 3.28. The predicted molar refractivity (Wildman–Crippen MR) is 73.7 cm³/mol. The summed E-state index contributed by atoms with van der Waals surface area (Å²) in [5, 5.41) is 0. The molecular weight excluding hydrogens is 240 g/mol. The van der Waals surface area contributed by atoms with E-state index < -0.39 is 5.60 Å². The molecule has 1 aromatic rings. The quantitative estimate of drug-likeness (QED) is 0.781. The molecule has 0 saturated heterocycles. The van der Waals surface area contributed by atoms with Crippen LogP contribution in [0.3, 0.4) is 0 Å². The number of carbonyl (C=O) groups is 1. The Morgan fingerprint density at radius 1 is 1.32 bits per heavy atom. The molecule has 0 heterocycles. The molecule has 0 bridgehead atoms. The maximum atomic E-state index is 12.0. The molecule has 2 atom stereocenters. The third-order valence-electron chi connectivity index (χ3n) is 3.23. The van der Waals surface area contributed by atoms with Crippen LogP contribution in [0.4, 0.5) is 0 Å². The molecule has 19 heavy (non-hydrogen) atoms. The summed E-state index contributed by atoms with van der Waals surface area (Å²) in [5.41, 5.74) is 0.256. The number of hydrogen-bond donors (Lipinski definition) is 0. The maximum absolute atomic E-state index is 12.0. The SMILES string of the molecule is CCOC(=O)C1CC1(OC(C)(C)C)c1ccccc1. The fourth-order valence-electron chi connectivity index (χ4n) is 2.52. The van der Waals surface area contributed by atoms with Crippen LogP contribution in [0.2, 0.25) is 0 Å². The molecule has 1 saturated carbocycles. The van der Waals surface area contributed by atoms with Gasteiger partial charge in [-0.15, -0.1) is 0 Å². The highest BCUT2D eigenvalue weighted by atomic mass is 16.6. The summed E-state index contributed by atoms with van der Waals surface area (Å²) < 4.78 is 11.3. The summed E-state index contributed by atoms with van der Waals surface area (Å²) in [6, 6.07) is 9.96. The lowest BCUT2D eigenvalue weighted by Gasteiger charge is -2.29. The van der Waals surface area contributed by atoms with E-state index in [1.165, 1.54) is 0 Å². The Morgan fingerprint density at radius 2 is 1.95 bits per heavy atom. The number of esters is 1. The average molecular weight is 262 g/mol. The van der Waals surface area contributed by atoms with E-state index in [0.29, 0.717) is 13.0 Å². The summed E-state index contributed by atoms with van der Waals surface area (Å²) in [7, 11) is 0. The van der Waals surface area contributed by atoms with Crippen molar-refractivity contribution >= 4 is 5.97 Å². The van der Waals surface area contributed by atoms with E-state index in [1.807, 2.05) is 58.0 Å². The summed E-state index contributed by atoms with van der Waals surface area (Å²) in [6.07, 6.45) is 0.702. The van der Waals surface area contributed by atoms with Crippen LogP contribution in [0, 0.1) is 5.92 Å². The van der Waals surface area contributed by atoms with Crippen molar-refractivity contribution in [1.82, 2.24) is 0 Å². The van der Waals surface area contributed by atoms with Crippen LogP contribution >= 0.6 is 0 Å². The van der Waals surface area contributed by atoms with Crippen molar-refractivity contribution in [2.45, 2.75) is 45.3 Å². The van der Waals surface area contributed by atoms with Crippen LogP contribution in [0.5, 0.6) is 0 Å². The van der Waals surface area contributed by atoms with Crippen LogP contribution in [0.1, 0.15) is 39.7 Å². The van der Waals surface area contributed by atoms with Gasteiger partial charge in [-0.3, -0.25) is 4.79 Å². The lowest BCUT2D eigenvalue weighted by atomic mass is 10.0. The van der Waals surface area contributed by atoms with Crippen LogP contribution in [-0.2, 0) is 19.9 Å². The lowest BCUT2D eigenvalue weighted by Crippen LogP contribution is -2.30. The highest BCUT2D eigenvalue weighted by molar-refractivity contribution is 5.78. The fraction of sp³-hybridized carbons (Fsp3) is 0.562. The van der Waals surface area contributed by atoms with Crippen molar-refractivity contribution in [2.75, 3.05) is 6.61 Å². The molecule has 0 N–H and O–H groups in total. The molecule has 2 rings (SSSR count). The number of carbonyl (C=O) groups excluding carboxylic acids is 1. The average Bonchev–Trinajstić information content (AvgIpc) is 3.04. The van der Waals surface area contributed by atoms with Gasteiger partial charge in [-0.1, -0.05) is 30.3 Å². The number of benzene rings is 1. The molecule has 1 aliphatic carbocycles. The van der Waals surface area contributed by atoms with Crippen molar-refractivity contribution in [3.63, 3.8) is 0 Å². The third kappa shape index (κ3) is 2.98. The van der Waals surface area contributed by atoms with Gasteiger partial charge >= 0.3 is 5.97 Å². The van der Waals surface area contributed by atoms with Crippen LogP contribution in [-0.4, -0.2) is 18.2 Å². The third-order valence-corrected chi connectivity index (χ3v) is 3.23. The monoisotopic (exact) mass is 262 g/mol. The van der Waals surface area contributed by atoms with Gasteiger partial charge in [-0.25, -0.2) is 0 Å². The van der Waals surface area contributed by atoms with Gasteiger partial charge in [0.15, 0.2) is 0 Å². The Balaban J connectivity index is 2.25. The molecule has 1 aromatic carbocycles. The smallest absolute Gasteiger partial charge is 0.312 e. The Hall–Kier alpha value is -1.35. The van der Waals surface area contributed by atoms with Crippen molar-refractivity contribution in [1.29, 1.82) is 0 Å². The first-order valence-electron chi connectivity index (χ1n) is 6.81. The molecule has 2 unspecified atom stereocenters. The fourth-order valence-corrected chi connectivity index (χ4v) is 2.52. The Bertz CT molecular complexity index is 447. The van der Waals surface area contributed by atoms with Crippen LogP contribution in [0.15, 0.2) is 30.3 Å². The molecule has 0 amide bonds. The van der Waals surface area contributed by atoms with Gasteiger partial charge in [0.1, 0.15) is 5.60 Å². The number of ether oxygens (including phenoxy) is 2. The second-order valence-electron chi connectivity index (χ2n) is 5.98. The first-order chi connectivity index (χ1) is 8.89. The molecule has 3 heteroatoms. The molecule has 1 aliphatic rings. The van der Waals surface area contributed by atoms with Crippen molar-refractivity contribution in [3.8, 4) is 0 Å². The second-order valence-corrected chi connectivity index (χ2v) is 5.98. The van der Waals surface area contributed by atoms with Crippen molar-refractivity contribution in [3.05, 3.63) is 35.9 Å². The molecule has 0 aliphatic heterocycles. The van der Waals surface area contributed by atoms with E-state index in [0.717, 1.165) is 5.56 Å². The van der Waals surface area contributed by atoms with Gasteiger partial charge in [0.25, 0.3) is 0 Å². The Kier molecular flexibility index (Phi) is 3.68. The summed E-state index contributed by atoms with van der Waals surface area (Å²) in [5.74, 6) is -0.343. The lowest BCUT2D eigenvalue weighted by molar-refractivity contribution is -0.151. The van der Waals surface area contributed by atoms with E-state index in [-0.39, 0.29) is 17.5 Å². The first kappa shape index (κ1) is 14.1. The number of rotatable bonds is 4. The number of hydrogen-bond acceptors (Lipinski definition) is 3. The van der Waals surface area contributed by atoms with E-state index in [9.17, 15) is 4.79 Å². The molecule has 0 aromatic heterocycles. The van der Waals surface area contributed by atoms with E-state index in [4.69, 9.17) is 9.47 Å². The minimum atomic E-state index is -0.508. The normalized spacial score (nSPS) is 26.0. The summed E-state index contributed by atoms with van der Waals surface area (Å²) in [6.45, 7) is 8.28. The van der Waals surface area contributed by atoms with Gasteiger partial charge < -0.3 is 9.47 Å². The standard InChI is InChI=1S/C16H22O3/c1-5-18-14(17)13-11-16(13,19-15(2,3)4)12-9-7-6-8-10-12/h6-10,13H,5,11H2,1-4H3. The minimum absolute atomic E-state index is 0.157. The topological polar surface area (TPSA) is 35.5 Å². The molecular formula is C16H22O3. The minimum Gasteiger partial charge on any atom is -0.466 e. The van der Waals surface area contributed by atoms with Gasteiger partial charge in [-0.2, -0.15) is 0 Å². The Labute approximate surface area is 114 Å². The van der Waals surface area contributed by atoms with E-state index in [2.05, 4.69) is 0 Å². The van der Waals surface area contributed by atoms with Gasteiger partial charge in [0.05, 0.1) is 18.1 Å². The molecule has 3 nitrogen and oxygen atoms in total. The van der Waals surface area contributed by atoms with E-state index in [1.54, 1.807) is 0 Å². The van der Waals surface area contributed by atoms with Gasteiger partial charge in [0, 0.05) is 0 Å². The Morgan fingerprint density at radius 3 is 2.47 bits per heavy atom. The summed E-state index contributed by atoms with van der Waals surface area (Å²) in [4.78, 5) is 12.0. The zero-order chi connectivity index (χ0) is 14.1. The molecule has 1 fully saturated rings. The van der Waals surface area contributed by atoms with Crippen molar-refractivity contribution < 1.29 is 14.3 Å². The van der Waals surface area contributed by atoms with Crippen molar-refractivity contribution in [2.24, 2.45) is 5.92 Å². The van der Waals surface area contributed by atoms with E-state index >= 15 is 0 Å². The largest absolute Gasteiger partial charge is 0.466 e. The zero-order valence-electron chi connectivity index (χ0n) is 12.1. The zero-order valence-corrected chi connectivity index (χ0v) is 12.1. The second kappa shape index (κ2) is 4.97. The van der Waals surface area contributed by atoms with Gasteiger partial charge in [0.2, 0.25) is 0 Å². The van der Waals surface area contributed by atoms with Gasteiger partial charge in [-0.05, 0) is 39.7 Å². The molecule has 0 spiro atoms. The highest BCUT2D eigenvalue weighted by Gasteiger charge is 2.63. The highest BCUT2D eigenvalue weighted by Crippen LogP contribution is 2.57. The van der Waals surface area contributed by atoms with Crippen LogP contribution < -0.4 is 0 Å². The maximum Gasteiger partial charge on any atom is 0.312 e. The molecule has 0 radical (unpaired) electrons.